The molecule has 0 unspecified atom stereocenters. The molecule has 0 amide bonds. The molecule has 0 aliphatic rings. The Bertz CT molecular complexity index is 762. The van der Waals surface area contributed by atoms with E-state index in [1.54, 1.807) is 24.0 Å². The van der Waals surface area contributed by atoms with Crippen LogP contribution < -0.4 is 0 Å². The highest BCUT2D eigenvalue weighted by atomic mass is 19.4. The highest BCUT2D eigenvalue weighted by molar-refractivity contribution is 5.88. The minimum atomic E-state index is -4.45. The summed E-state index contributed by atoms with van der Waals surface area (Å²) >= 11 is 0. The normalized spacial score (nSPS) is 12.5. The Labute approximate surface area is 131 Å². The third-order valence-corrected chi connectivity index (χ3v) is 3.22. The smallest absolute Gasteiger partial charge is 0.275 e. The molecule has 2 heterocycles. The van der Waals surface area contributed by atoms with Crippen molar-refractivity contribution in [2.75, 3.05) is 0 Å². The van der Waals surface area contributed by atoms with Crippen molar-refractivity contribution < 1.29 is 13.2 Å². The zero-order valence-electron chi connectivity index (χ0n) is 12.9. The second-order valence-corrected chi connectivity index (χ2v) is 5.40. The molecule has 2 aromatic heterocycles. The van der Waals surface area contributed by atoms with Crippen molar-refractivity contribution in [3.8, 4) is 6.07 Å². The first-order valence-corrected chi connectivity index (χ1v) is 6.91. The van der Waals surface area contributed by atoms with Gasteiger partial charge in [-0.15, -0.1) is 0 Å². The average molecular weight is 320 g/mol. The van der Waals surface area contributed by atoms with Gasteiger partial charge in [-0.05, 0) is 24.1 Å². The summed E-state index contributed by atoms with van der Waals surface area (Å²) in [6, 6.07) is 4.10. The van der Waals surface area contributed by atoms with Gasteiger partial charge in [-0.3, -0.25) is 9.67 Å². The minimum Gasteiger partial charge on any atom is -0.275 e. The van der Waals surface area contributed by atoms with Gasteiger partial charge in [0.05, 0.1) is 22.5 Å². The predicted molar refractivity (Wildman–Crippen MR) is 80.0 cm³/mol. The van der Waals surface area contributed by atoms with Crippen LogP contribution in [0.1, 0.15) is 42.3 Å². The van der Waals surface area contributed by atoms with Gasteiger partial charge in [0.2, 0.25) is 0 Å². The number of rotatable bonds is 3. The van der Waals surface area contributed by atoms with Gasteiger partial charge < -0.3 is 0 Å². The van der Waals surface area contributed by atoms with Gasteiger partial charge in [0.1, 0.15) is 6.07 Å². The lowest BCUT2D eigenvalue weighted by Gasteiger charge is -2.06. The zero-order chi connectivity index (χ0) is 17.2. The molecule has 0 saturated heterocycles. The highest BCUT2D eigenvalue weighted by Gasteiger charge is 2.30. The lowest BCUT2D eigenvalue weighted by atomic mass is 10.0. The molecular formula is C16H15F3N4. The van der Waals surface area contributed by atoms with E-state index in [1.165, 1.54) is 6.07 Å². The molecular weight excluding hydrogens is 305 g/mol. The number of aryl methyl sites for hydroxylation is 1. The fourth-order valence-electron chi connectivity index (χ4n) is 2.12. The maximum Gasteiger partial charge on any atom is 0.417 e. The molecule has 0 atom stereocenters. The second-order valence-electron chi connectivity index (χ2n) is 5.40. The Balaban J connectivity index is 2.43. The Kier molecular flexibility index (Phi) is 4.55. The summed E-state index contributed by atoms with van der Waals surface area (Å²) in [5, 5.41) is 13.6. The van der Waals surface area contributed by atoms with Crippen molar-refractivity contribution >= 4 is 11.6 Å². The van der Waals surface area contributed by atoms with E-state index >= 15 is 0 Å². The van der Waals surface area contributed by atoms with E-state index in [9.17, 15) is 18.4 Å². The Morgan fingerprint density at radius 3 is 2.52 bits per heavy atom. The Morgan fingerprint density at radius 2 is 2.04 bits per heavy atom. The molecule has 0 bridgehead atoms. The molecule has 2 rings (SSSR count). The number of hydrogen-bond donors (Lipinski definition) is 0. The molecule has 0 aliphatic carbocycles. The van der Waals surface area contributed by atoms with Crippen LogP contribution in [0.5, 0.6) is 0 Å². The van der Waals surface area contributed by atoms with Crippen molar-refractivity contribution in [1.29, 1.82) is 5.26 Å². The summed E-state index contributed by atoms with van der Waals surface area (Å²) in [5.41, 5.74) is 1.10. The summed E-state index contributed by atoms with van der Waals surface area (Å²) in [4.78, 5) is 3.76. The van der Waals surface area contributed by atoms with Gasteiger partial charge in [-0.2, -0.15) is 23.5 Å². The quantitative estimate of drug-likeness (QED) is 0.803. The molecule has 120 valence electrons. The lowest BCUT2D eigenvalue weighted by Crippen LogP contribution is -2.05. The summed E-state index contributed by atoms with van der Waals surface area (Å²) in [6.45, 7) is 3.95. The van der Waals surface area contributed by atoms with Crippen LogP contribution in [0.3, 0.4) is 0 Å². The first-order chi connectivity index (χ1) is 10.7. The van der Waals surface area contributed by atoms with E-state index in [-0.39, 0.29) is 17.2 Å². The van der Waals surface area contributed by atoms with E-state index in [0.29, 0.717) is 0 Å². The number of pyridine rings is 1. The van der Waals surface area contributed by atoms with E-state index in [1.807, 2.05) is 19.9 Å². The van der Waals surface area contributed by atoms with Crippen LogP contribution in [0.2, 0.25) is 0 Å². The topological polar surface area (TPSA) is 54.5 Å². The maximum atomic E-state index is 12.6. The molecule has 2 aromatic rings. The van der Waals surface area contributed by atoms with Gasteiger partial charge in [-0.25, -0.2) is 0 Å². The van der Waals surface area contributed by atoms with Crippen LogP contribution in [0.25, 0.3) is 11.6 Å². The third-order valence-electron chi connectivity index (χ3n) is 3.22. The molecule has 0 N–H and O–H groups in total. The number of nitrogens with zero attached hydrogens (tertiary/aromatic N) is 4. The molecule has 23 heavy (non-hydrogen) atoms. The van der Waals surface area contributed by atoms with Gasteiger partial charge in [0, 0.05) is 25.0 Å². The maximum absolute atomic E-state index is 12.6. The van der Waals surface area contributed by atoms with Gasteiger partial charge in [-0.1, -0.05) is 13.8 Å². The Morgan fingerprint density at radius 1 is 1.35 bits per heavy atom. The number of allylic oxidation sites excluding steroid dienone is 1. The van der Waals surface area contributed by atoms with Crippen LogP contribution in [0.4, 0.5) is 13.2 Å². The van der Waals surface area contributed by atoms with Gasteiger partial charge >= 0.3 is 6.18 Å². The fraction of sp³-hybridized carbons (Fsp3) is 0.312. The molecule has 0 spiro atoms. The highest BCUT2D eigenvalue weighted by Crippen LogP contribution is 2.29. The number of hydrogen-bond acceptors (Lipinski definition) is 3. The largest absolute Gasteiger partial charge is 0.417 e. The van der Waals surface area contributed by atoms with Crippen molar-refractivity contribution in [2.24, 2.45) is 7.05 Å². The van der Waals surface area contributed by atoms with Crippen LogP contribution in [0, 0.1) is 11.3 Å². The van der Waals surface area contributed by atoms with Crippen molar-refractivity contribution in [1.82, 2.24) is 14.8 Å². The fourth-order valence-corrected chi connectivity index (χ4v) is 2.12. The number of alkyl halides is 3. The second kappa shape index (κ2) is 6.24. The number of aromatic nitrogens is 3. The lowest BCUT2D eigenvalue weighted by molar-refractivity contribution is -0.137. The van der Waals surface area contributed by atoms with Crippen LogP contribution in [-0.4, -0.2) is 14.8 Å². The van der Waals surface area contributed by atoms with E-state index in [2.05, 4.69) is 10.1 Å². The molecule has 7 heteroatoms. The van der Waals surface area contributed by atoms with Gasteiger partial charge in [0.25, 0.3) is 0 Å². The number of nitriles is 1. The first kappa shape index (κ1) is 16.7. The molecule has 0 radical (unpaired) electrons. The first-order valence-electron chi connectivity index (χ1n) is 6.91. The van der Waals surface area contributed by atoms with Crippen LogP contribution >= 0.6 is 0 Å². The van der Waals surface area contributed by atoms with Crippen molar-refractivity contribution in [3.63, 3.8) is 0 Å². The van der Waals surface area contributed by atoms with Crippen LogP contribution in [-0.2, 0) is 13.2 Å². The molecule has 0 aliphatic heterocycles. The third kappa shape index (κ3) is 3.77. The molecule has 4 nitrogen and oxygen atoms in total. The molecule has 0 saturated carbocycles. The van der Waals surface area contributed by atoms with Crippen molar-refractivity contribution in [2.45, 2.75) is 25.9 Å². The van der Waals surface area contributed by atoms with E-state index < -0.39 is 11.7 Å². The van der Waals surface area contributed by atoms with Crippen LogP contribution in [0.15, 0.2) is 24.5 Å². The summed E-state index contributed by atoms with van der Waals surface area (Å²) in [7, 11) is 1.77. The zero-order valence-corrected chi connectivity index (χ0v) is 12.9. The summed E-state index contributed by atoms with van der Waals surface area (Å²) in [5.74, 6) is 0.156. The standard InChI is InChI=1S/C16H15F3N4/c1-10(2)15-12(9-23(3)22-15)6-11(7-20)14-5-4-13(8-21-14)16(17,18)19/h4-6,8-10H,1-3H3/b11-6-. The minimum absolute atomic E-state index is 0.156. The summed E-state index contributed by atoms with van der Waals surface area (Å²) < 4.78 is 39.3. The van der Waals surface area contributed by atoms with E-state index in [4.69, 9.17) is 0 Å². The van der Waals surface area contributed by atoms with Gasteiger partial charge in [0.15, 0.2) is 0 Å². The average Bonchev–Trinajstić information content (AvgIpc) is 2.85. The number of halogens is 3. The summed E-state index contributed by atoms with van der Waals surface area (Å²) in [6.07, 6.45) is -0.363. The molecule has 0 aromatic carbocycles. The predicted octanol–water partition coefficient (Wildman–Crippen LogP) is 4.02. The monoisotopic (exact) mass is 320 g/mol. The Hall–Kier alpha value is -2.62. The SMILES string of the molecule is CC(C)c1nn(C)cc1/C=C(/C#N)c1ccc(C(F)(F)F)cn1. The van der Waals surface area contributed by atoms with Crippen molar-refractivity contribution in [3.05, 3.63) is 47.0 Å². The molecule has 0 fully saturated rings. The van der Waals surface area contributed by atoms with E-state index in [0.717, 1.165) is 23.5 Å².